The third-order valence-electron chi connectivity index (χ3n) is 6.93. The van der Waals surface area contributed by atoms with Gasteiger partial charge in [-0.3, -0.25) is 4.79 Å². The molecular weight excluding hydrogens is 513 g/mol. The Hall–Kier alpha value is -3.76. The molecule has 0 unspecified atom stereocenters. The Morgan fingerprint density at radius 3 is 2.44 bits per heavy atom. The van der Waals surface area contributed by atoms with E-state index in [2.05, 4.69) is 45.4 Å². The SMILES string of the molecule is COC(=O)[C@@H](C)NC(=O)c1ccc2c(c1)nc(Nc1ccc(OC(F)(F)F)cc1)n2[C@H]1C[C@@H](C)CC(C)(C)C1. The minimum absolute atomic E-state index is 0.108. The molecule has 8 nitrogen and oxygen atoms in total. The molecule has 1 amide bonds. The van der Waals surface area contributed by atoms with E-state index in [4.69, 9.17) is 4.98 Å². The Labute approximate surface area is 224 Å². The van der Waals surface area contributed by atoms with Crippen LogP contribution in [0.1, 0.15) is 63.4 Å². The smallest absolute Gasteiger partial charge is 0.467 e. The van der Waals surface area contributed by atoms with Gasteiger partial charge in [0.15, 0.2) is 0 Å². The molecule has 0 radical (unpaired) electrons. The monoisotopic (exact) mass is 546 g/mol. The first-order chi connectivity index (χ1) is 18.2. The predicted octanol–water partition coefficient (Wildman–Crippen LogP) is 6.36. The van der Waals surface area contributed by atoms with Crippen LogP contribution in [0.15, 0.2) is 42.5 Å². The van der Waals surface area contributed by atoms with Gasteiger partial charge in [0.1, 0.15) is 11.8 Å². The van der Waals surface area contributed by atoms with Crippen molar-refractivity contribution < 1.29 is 32.2 Å². The molecule has 0 aliphatic heterocycles. The van der Waals surface area contributed by atoms with E-state index in [1.54, 1.807) is 12.1 Å². The number of aromatic nitrogens is 2. The first-order valence-electron chi connectivity index (χ1n) is 12.8. The van der Waals surface area contributed by atoms with E-state index < -0.39 is 24.3 Å². The molecule has 0 bridgehead atoms. The average Bonchev–Trinajstić information content (AvgIpc) is 3.19. The van der Waals surface area contributed by atoms with E-state index >= 15 is 0 Å². The van der Waals surface area contributed by atoms with E-state index in [0.29, 0.717) is 28.6 Å². The maximum Gasteiger partial charge on any atom is 0.573 e. The normalized spacial score (nSPS) is 19.8. The Kier molecular flexibility index (Phi) is 7.81. The fourth-order valence-corrected chi connectivity index (χ4v) is 5.57. The second-order valence-electron chi connectivity index (χ2n) is 11.0. The molecule has 1 aliphatic rings. The third kappa shape index (κ3) is 6.82. The lowest BCUT2D eigenvalue weighted by atomic mass is 9.70. The van der Waals surface area contributed by atoms with Crippen LogP contribution < -0.4 is 15.4 Å². The van der Waals surface area contributed by atoms with Gasteiger partial charge in [0.2, 0.25) is 5.95 Å². The van der Waals surface area contributed by atoms with E-state index in [9.17, 15) is 22.8 Å². The highest BCUT2D eigenvalue weighted by atomic mass is 19.4. The molecule has 39 heavy (non-hydrogen) atoms. The number of anilines is 2. The number of nitrogens with one attached hydrogen (secondary N) is 2. The first kappa shape index (κ1) is 28.3. The van der Waals surface area contributed by atoms with Crippen LogP contribution in [0.4, 0.5) is 24.8 Å². The number of esters is 1. The van der Waals surface area contributed by atoms with Crippen molar-refractivity contribution in [1.82, 2.24) is 14.9 Å². The minimum atomic E-state index is -4.77. The molecule has 1 heterocycles. The molecule has 2 aromatic carbocycles. The molecule has 4 rings (SSSR count). The predicted molar refractivity (Wildman–Crippen MR) is 141 cm³/mol. The number of hydrogen-bond donors (Lipinski definition) is 2. The van der Waals surface area contributed by atoms with Gasteiger partial charge in [-0.2, -0.15) is 0 Å². The van der Waals surface area contributed by atoms with Crippen LogP contribution in [0.5, 0.6) is 5.75 Å². The Morgan fingerprint density at radius 2 is 1.82 bits per heavy atom. The summed E-state index contributed by atoms with van der Waals surface area (Å²) in [5.74, 6) is -0.314. The van der Waals surface area contributed by atoms with Crippen molar-refractivity contribution in [3.63, 3.8) is 0 Å². The van der Waals surface area contributed by atoms with Gasteiger partial charge in [-0.15, -0.1) is 13.2 Å². The van der Waals surface area contributed by atoms with E-state index in [-0.39, 0.29) is 17.2 Å². The molecule has 0 spiro atoms. The number of benzene rings is 2. The van der Waals surface area contributed by atoms with Crippen LogP contribution in [0.25, 0.3) is 11.0 Å². The summed E-state index contributed by atoms with van der Waals surface area (Å²) >= 11 is 0. The molecule has 1 aliphatic carbocycles. The fraction of sp³-hybridized carbons (Fsp3) is 0.464. The zero-order valence-corrected chi connectivity index (χ0v) is 22.6. The number of carbonyl (C=O) groups excluding carboxylic acids is 2. The number of nitrogens with zero attached hydrogens (tertiary/aromatic N) is 2. The molecule has 0 saturated heterocycles. The van der Waals surface area contributed by atoms with E-state index in [1.807, 2.05) is 6.07 Å². The van der Waals surface area contributed by atoms with Gasteiger partial charge >= 0.3 is 12.3 Å². The van der Waals surface area contributed by atoms with Crippen LogP contribution >= 0.6 is 0 Å². The maximum absolute atomic E-state index is 12.8. The largest absolute Gasteiger partial charge is 0.573 e. The van der Waals surface area contributed by atoms with Crippen molar-refractivity contribution >= 4 is 34.5 Å². The van der Waals surface area contributed by atoms with Gasteiger partial charge in [-0.05, 0) is 80.0 Å². The number of amides is 1. The van der Waals surface area contributed by atoms with Crippen molar-refractivity contribution in [3.8, 4) is 5.75 Å². The quantitative estimate of drug-likeness (QED) is 0.335. The highest BCUT2D eigenvalue weighted by Gasteiger charge is 2.35. The van der Waals surface area contributed by atoms with Crippen LogP contribution in [0.3, 0.4) is 0 Å². The summed E-state index contributed by atoms with van der Waals surface area (Å²) in [6.07, 6.45) is -1.83. The molecule has 210 valence electrons. The number of imidazole rings is 1. The molecule has 11 heteroatoms. The van der Waals surface area contributed by atoms with Crippen molar-refractivity contribution in [2.24, 2.45) is 11.3 Å². The summed E-state index contributed by atoms with van der Waals surface area (Å²) in [7, 11) is 1.25. The van der Waals surface area contributed by atoms with Gasteiger partial charge in [0, 0.05) is 17.3 Å². The average molecular weight is 547 g/mol. The molecule has 2 N–H and O–H groups in total. The van der Waals surface area contributed by atoms with Crippen LogP contribution in [0.2, 0.25) is 0 Å². The number of ether oxygens (including phenoxy) is 2. The molecular formula is C28H33F3N4O4. The summed E-state index contributed by atoms with van der Waals surface area (Å²) in [5, 5.41) is 5.87. The first-order valence-corrected chi connectivity index (χ1v) is 12.8. The van der Waals surface area contributed by atoms with Crippen LogP contribution in [-0.4, -0.2) is 40.9 Å². The minimum Gasteiger partial charge on any atom is -0.467 e. The number of halogens is 3. The number of fused-ring (bicyclic) bond motifs is 1. The van der Waals surface area contributed by atoms with Gasteiger partial charge in [-0.25, -0.2) is 9.78 Å². The van der Waals surface area contributed by atoms with Gasteiger partial charge in [0.05, 0.1) is 18.1 Å². The summed E-state index contributed by atoms with van der Waals surface area (Å²) < 4.78 is 48.5. The molecule has 3 atom stereocenters. The molecule has 3 aromatic rings. The molecule has 1 aromatic heterocycles. The fourth-order valence-electron chi connectivity index (χ4n) is 5.57. The van der Waals surface area contributed by atoms with E-state index in [1.165, 1.54) is 38.3 Å². The lowest BCUT2D eigenvalue weighted by Crippen LogP contribution is -2.39. The van der Waals surface area contributed by atoms with Crippen molar-refractivity contribution in [2.45, 2.75) is 65.4 Å². The van der Waals surface area contributed by atoms with Gasteiger partial charge < -0.3 is 24.7 Å². The van der Waals surface area contributed by atoms with E-state index in [0.717, 1.165) is 24.8 Å². The van der Waals surface area contributed by atoms with Crippen LogP contribution in [-0.2, 0) is 9.53 Å². The number of methoxy groups -OCH3 is 1. The van der Waals surface area contributed by atoms with Crippen molar-refractivity contribution in [3.05, 3.63) is 48.0 Å². The van der Waals surface area contributed by atoms with Gasteiger partial charge in [0.25, 0.3) is 5.91 Å². The number of carbonyl (C=O) groups is 2. The standard InChI is InChI=1S/C28H33F3N4O4/c1-16-12-20(15-27(3,4)14-16)35-23-11-6-18(24(36)32-17(2)25(37)38-5)13-22(23)34-26(35)33-19-7-9-21(10-8-19)39-28(29,30)31/h6-11,13,16-17,20H,12,14-15H2,1-5H3,(H,32,36)(H,33,34)/t16-,17-,20+/m1/s1. The summed E-state index contributed by atoms with van der Waals surface area (Å²) in [6.45, 7) is 8.25. The van der Waals surface area contributed by atoms with Crippen molar-refractivity contribution in [2.75, 3.05) is 12.4 Å². The summed E-state index contributed by atoms with van der Waals surface area (Å²) in [5.41, 5.74) is 2.37. The third-order valence-corrected chi connectivity index (χ3v) is 6.93. The number of hydrogen-bond acceptors (Lipinski definition) is 6. The van der Waals surface area contributed by atoms with Gasteiger partial charge in [-0.1, -0.05) is 20.8 Å². The highest BCUT2D eigenvalue weighted by Crippen LogP contribution is 2.46. The topological polar surface area (TPSA) is 94.5 Å². The second-order valence-corrected chi connectivity index (χ2v) is 11.0. The lowest BCUT2D eigenvalue weighted by Gasteiger charge is -2.40. The van der Waals surface area contributed by atoms with Crippen molar-refractivity contribution in [1.29, 1.82) is 0 Å². The number of rotatable bonds is 7. The Bertz CT molecular complexity index is 1350. The molecule has 1 fully saturated rings. The summed E-state index contributed by atoms with van der Waals surface area (Å²) in [6, 6.07) is 9.93. The Balaban J connectivity index is 1.70. The Morgan fingerprint density at radius 1 is 1.13 bits per heavy atom. The molecule has 1 saturated carbocycles. The zero-order chi connectivity index (χ0) is 28.5. The zero-order valence-electron chi connectivity index (χ0n) is 22.6. The number of alkyl halides is 3. The maximum atomic E-state index is 12.8. The highest BCUT2D eigenvalue weighted by molar-refractivity contribution is 5.99. The summed E-state index contributed by atoms with van der Waals surface area (Å²) in [4.78, 5) is 29.3. The lowest BCUT2D eigenvalue weighted by molar-refractivity contribution is -0.274. The second kappa shape index (κ2) is 10.8. The van der Waals surface area contributed by atoms with Crippen LogP contribution in [0, 0.1) is 11.3 Å².